The number of hydrogen-bond acceptors (Lipinski definition) is 2. The summed E-state index contributed by atoms with van der Waals surface area (Å²) in [5, 5.41) is 6.71. The van der Waals surface area contributed by atoms with Crippen LogP contribution >= 0.6 is 0 Å². The molecule has 0 atom stereocenters. The number of hydrogen-bond donors (Lipinski definition) is 1. The van der Waals surface area contributed by atoms with Crippen LogP contribution in [0.2, 0.25) is 0 Å². The van der Waals surface area contributed by atoms with Gasteiger partial charge in [0.15, 0.2) is 0 Å². The SMILES string of the molecule is CCc1cnn(CCC(=O)NC)c1. The number of rotatable bonds is 4. The molecule has 1 heterocycles. The Hall–Kier alpha value is -1.32. The van der Waals surface area contributed by atoms with E-state index in [4.69, 9.17) is 0 Å². The number of carbonyl (C=O) groups excluding carboxylic acids is 1. The first-order chi connectivity index (χ1) is 6.26. The summed E-state index contributed by atoms with van der Waals surface area (Å²) in [6.07, 6.45) is 5.29. The summed E-state index contributed by atoms with van der Waals surface area (Å²) in [6, 6.07) is 0. The fourth-order valence-corrected chi connectivity index (χ4v) is 1.05. The van der Waals surface area contributed by atoms with Crippen molar-refractivity contribution in [3.8, 4) is 0 Å². The van der Waals surface area contributed by atoms with Crippen molar-refractivity contribution in [1.29, 1.82) is 0 Å². The largest absolute Gasteiger partial charge is 0.359 e. The molecule has 1 amide bonds. The predicted molar refractivity (Wildman–Crippen MR) is 50.3 cm³/mol. The average molecular weight is 181 g/mol. The Balaban J connectivity index is 2.41. The number of aromatic nitrogens is 2. The van der Waals surface area contributed by atoms with Crippen molar-refractivity contribution in [1.82, 2.24) is 15.1 Å². The van der Waals surface area contributed by atoms with Gasteiger partial charge in [-0.15, -0.1) is 0 Å². The van der Waals surface area contributed by atoms with Crippen molar-refractivity contribution >= 4 is 5.91 Å². The van der Waals surface area contributed by atoms with E-state index in [9.17, 15) is 4.79 Å². The highest BCUT2D eigenvalue weighted by Gasteiger charge is 1.99. The molecule has 72 valence electrons. The summed E-state index contributed by atoms with van der Waals surface area (Å²) in [4.78, 5) is 10.9. The normalized spacial score (nSPS) is 10.0. The Bertz CT molecular complexity index is 280. The first-order valence-corrected chi connectivity index (χ1v) is 4.48. The van der Waals surface area contributed by atoms with E-state index in [1.54, 1.807) is 11.7 Å². The third-order valence-electron chi connectivity index (χ3n) is 1.94. The molecule has 0 saturated carbocycles. The highest BCUT2D eigenvalue weighted by Crippen LogP contribution is 1.98. The van der Waals surface area contributed by atoms with E-state index in [0.717, 1.165) is 6.42 Å². The minimum atomic E-state index is 0.0496. The van der Waals surface area contributed by atoms with Gasteiger partial charge in [0.1, 0.15) is 0 Å². The van der Waals surface area contributed by atoms with Crippen molar-refractivity contribution in [2.45, 2.75) is 26.3 Å². The summed E-state index contributed by atoms with van der Waals surface area (Å²) in [6.45, 7) is 2.74. The van der Waals surface area contributed by atoms with Crippen LogP contribution in [-0.2, 0) is 17.8 Å². The molecule has 1 aromatic heterocycles. The van der Waals surface area contributed by atoms with Gasteiger partial charge in [-0.3, -0.25) is 9.48 Å². The molecule has 0 aliphatic rings. The van der Waals surface area contributed by atoms with Crippen molar-refractivity contribution < 1.29 is 4.79 Å². The van der Waals surface area contributed by atoms with Crippen molar-refractivity contribution in [3.63, 3.8) is 0 Å². The third kappa shape index (κ3) is 2.89. The Morgan fingerprint density at radius 2 is 2.46 bits per heavy atom. The van der Waals surface area contributed by atoms with Gasteiger partial charge in [-0.2, -0.15) is 5.10 Å². The van der Waals surface area contributed by atoms with E-state index in [0.29, 0.717) is 13.0 Å². The molecule has 0 bridgehead atoms. The smallest absolute Gasteiger partial charge is 0.221 e. The second kappa shape index (κ2) is 4.64. The number of nitrogens with one attached hydrogen (secondary N) is 1. The second-order valence-corrected chi connectivity index (χ2v) is 2.89. The Morgan fingerprint density at radius 3 is 3.00 bits per heavy atom. The average Bonchev–Trinajstić information content (AvgIpc) is 2.61. The van der Waals surface area contributed by atoms with E-state index in [2.05, 4.69) is 17.3 Å². The number of aryl methyl sites for hydroxylation is 2. The van der Waals surface area contributed by atoms with Gasteiger partial charge in [0.05, 0.1) is 6.20 Å². The van der Waals surface area contributed by atoms with Crippen LogP contribution in [0.4, 0.5) is 0 Å². The molecule has 0 aliphatic heterocycles. The molecule has 0 unspecified atom stereocenters. The van der Waals surface area contributed by atoms with Crippen molar-refractivity contribution in [2.75, 3.05) is 7.05 Å². The maximum absolute atomic E-state index is 10.9. The van der Waals surface area contributed by atoms with Gasteiger partial charge < -0.3 is 5.32 Å². The van der Waals surface area contributed by atoms with Gasteiger partial charge in [0.2, 0.25) is 5.91 Å². The lowest BCUT2D eigenvalue weighted by atomic mass is 10.3. The fraction of sp³-hybridized carbons (Fsp3) is 0.556. The van der Waals surface area contributed by atoms with Crippen molar-refractivity contribution in [3.05, 3.63) is 18.0 Å². The lowest BCUT2D eigenvalue weighted by molar-refractivity contribution is -0.120. The Morgan fingerprint density at radius 1 is 1.69 bits per heavy atom. The summed E-state index contributed by atoms with van der Waals surface area (Å²) >= 11 is 0. The second-order valence-electron chi connectivity index (χ2n) is 2.89. The summed E-state index contributed by atoms with van der Waals surface area (Å²) in [5.74, 6) is 0.0496. The van der Waals surface area contributed by atoms with Crippen molar-refractivity contribution in [2.24, 2.45) is 0 Å². The molecule has 0 spiro atoms. The quantitative estimate of drug-likeness (QED) is 0.738. The Kier molecular flexibility index (Phi) is 3.49. The Labute approximate surface area is 77.9 Å². The molecular formula is C9H15N3O. The molecule has 4 nitrogen and oxygen atoms in total. The summed E-state index contributed by atoms with van der Waals surface area (Å²) in [7, 11) is 1.64. The maximum atomic E-state index is 10.9. The highest BCUT2D eigenvalue weighted by molar-refractivity contribution is 5.75. The van der Waals surface area contributed by atoms with Gasteiger partial charge in [-0.25, -0.2) is 0 Å². The number of nitrogens with zero attached hydrogens (tertiary/aromatic N) is 2. The van der Waals surface area contributed by atoms with Crippen LogP contribution in [0.25, 0.3) is 0 Å². The van der Waals surface area contributed by atoms with Crippen LogP contribution in [0.1, 0.15) is 18.9 Å². The number of carbonyl (C=O) groups is 1. The zero-order chi connectivity index (χ0) is 9.68. The van der Waals surface area contributed by atoms with Crippen LogP contribution in [0, 0.1) is 0 Å². The first kappa shape index (κ1) is 9.77. The fourth-order valence-electron chi connectivity index (χ4n) is 1.05. The highest BCUT2D eigenvalue weighted by atomic mass is 16.1. The van der Waals surface area contributed by atoms with E-state index < -0.39 is 0 Å². The molecule has 0 saturated heterocycles. The molecule has 4 heteroatoms. The summed E-state index contributed by atoms with van der Waals surface area (Å²) in [5.41, 5.74) is 1.21. The molecule has 0 radical (unpaired) electrons. The van der Waals surface area contributed by atoms with E-state index >= 15 is 0 Å². The maximum Gasteiger partial charge on any atom is 0.221 e. The molecule has 0 aromatic carbocycles. The van der Waals surface area contributed by atoms with Gasteiger partial charge in [-0.1, -0.05) is 6.92 Å². The van der Waals surface area contributed by atoms with E-state index in [1.165, 1.54) is 5.56 Å². The van der Waals surface area contributed by atoms with Gasteiger partial charge in [0.25, 0.3) is 0 Å². The predicted octanol–water partition coefficient (Wildman–Crippen LogP) is 0.582. The molecule has 13 heavy (non-hydrogen) atoms. The van der Waals surface area contributed by atoms with Gasteiger partial charge in [0, 0.05) is 26.2 Å². The lowest BCUT2D eigenvalue weighted by Gasteiger charge is -1.99. The standard InChI is InChI=1S/C9H15N3O/c1-3-8-6-11-12(7-8)5-4-9(13)10-2/h6-7H,3-5H2,1-2H3,(H,10,13). The van der Waals surface area contributed by atoms with Gasteiger partial charge in [-0.05, 0) is 12.0 Å². The molecule has 0 aliphatic carbocycles. The first-order valence-electron chi connectivity index (χ1n) is 4.48. The lowest BCUT2D eigenvalue weighted by Crippen LogP contribution is -2.19. The van der Waals surface area contributed by atoms with Crippen LogP contribution in [0.15, 0.2) is 12.4 Å². The van der Waals surface area contributed by atoms with E-state index in [-0.39, 0.29) is 5.91 Å². The van der Waals surface area contributed by atoms with Crippen LogP contribution < -0.4 is 5.32 Å². The minimum Gasteiger partial charge on any atom is -0.359 e. The molecule has 0 fully saturated rings. The molecular weight excluding hydrogens is 166 g/mol. The topological polar surface area (TPSA) is 46.9 Å². The zero-order valence-electron chi connectivity index (χ0n) is 8.08. The zero-order valence-corrected chi connectivity index (χ0v) is 8.08. The van der Waals surface area contributed by atoms with Crippen LogP contribution in [-0.4, -0.2) is 22.7 Å². The van der Waals surface area contributed by atoms with Crippen LogP contribution in [0.3, 0.4) is 0 Å². The third-order valence-corrected chi connectivity index (χ3v) is 1.94. The monoisotopic (exact) mass is 181 g/mol. The molecule has 1 N–H and O–H groups in total. The summed E-state index contributed by atoms with van der Waals surface area (Å²) < 4.78 is 1.80. The molecule has 1 aromatic rings. The van der Waals surface area contributed by atoms with E-state index in [1.807, 2.05) is 12.4 Å². The molecule has 1 rings (SSSR count). The minimum absolute atomic E-state index is 0.0496. The van der Waals surface area contributed by atoms with Crippen LogP contribution in [0.5, 0.6) is 0 Å². The van der Waals surface area contributed by atoms with Gasteiger partial charge >= 0.3 is 0 Å². The number of amides is 1.